The molecule has 4 rings (SSSR count). The average Bonchev–Trinajstić information content (AvgIpc) is 2.89. The van der Waals surface area contributed by atoms with Gasteiger partial charge in [-0.15, -0.1) is 0 Å². The second kappa shape index (κ2) is 8.93. The number of nitrogens with one attached hydrogen (secondary N) is 1. The summed E-state index contributed by atoms with van der Waals surface area (Å²) in [6.07, 6.45) is -1.10. The van der Waals surface area contributed by atoms with Crippen LogP contribution < -0.4 is 15.0 Å². The number of anilines is 2. The van der Waals surface area contributed by atoms with Crippen LogP contribution in [0.2, 0.25) is 0 Å². The molecule has 0 fully saturated rings. The summed E-state index contributed by atoms with van der Waals surface area (Å²) in [6.45, 7) is 1.22. The lowest BCUT2D eigenvalue weighted by Gasteiger charge is -2.25. The molecule has 9 heteroatoms. The number of ether oxygens (including phenoxy) is 1. The second-order valence-electron chi connectivity index (χ2n) is 7.56. The fraction of sp³-hybridized carbons (Fsp3) is 0.208. The van der Waals surface area contributed by atoms with E-state index in [0.29, 0.717) is 16.9 Å². The quantitative estimate of drug-likeness (QED) is 0.593. The molecule has 0 unspecified atom stereocenters. The summed E-state index contributed by atoms with van der Waals surface area (Å²) in [5.74, 6) is -2.18. The summed E-state index contributed by atoms with van der Waals surface area (Å²) < 4.78 is 45.9. The maximum atomic E-state index is 15.2. The van der Waals surface area contributed by atoms with Gasteiger partial charge in [0.15, 0.2) is 0 Å². The number of halogens is 3. The predicted octanol–water partition coefficient (Wildman–Crippen LogP) is 4.92. The van der Waals surface area contributed by atoms with Crippen LogP contribution in [-0.2, 0) is 9.59 Å². The highest BCUT2D eigenvalue weighted by molar-refractivity contribution is 6.09. The summed E-state index contributed by atoms with van der Waals surface area (Å²) in [4.78, 5) is 31.6. The number of nitrogens with zero attached hydrogens (tertiary/aromatic N) is 2. The Hall–Kier alpha value is -3.88. The van der Waals surface area contributed by atoms with E-state index in [-0.39, 0.29) is 22.6 Å². The summed E-state index contributed by atoms with van der Waals surface area (Å²) in [7, 11) is 1.37. The van der Waals surface area contributed by atoms with Crippen molar-refractivity contribution < 1.29 is 27.5 Å². The van der Waals surface area contributed by atoms with Gasteiger partial charge in [-0.05, 0) is 25.1 Å². The normalized spacial score (nSPS) is 15.0. The molecule has 2 heterocycles. The van der Waals surface area contributed by atoms with Gasteiger partial charge in [0.05, 0.1) is 24.4 Å². The van der Waals surface area contributed by atoms with Gasteiger partial charge in [0, 0.05) is 40.7 Å². The van der Waals surface area contributed by atoms with E-state index in [0.717, 1.165) is 0 Å². The van der Waals surface area contributed by atoms with Gasteiger partial charge >= 0.3 is 0 Å². The molecule has 0 aliphatic carbocycles. The first-order valence-electron chi connectivity index (χ1n) is 10.1. The Labute approximate surface area is 188 Å². The molecule has 1 aliphatic heterocycles. The van der Waals surface area contributed by atoms with E-state index in [4.69, 9.17) is 4.74 Å². The maximum absolute atomic E-state index is 15.2. The zero-order valence-electron chi connectivity index (χ0n) is 17.8. The number of hydrogen-bond donors (Lipinski definition) is 1. The Bertz CT molecular complexity index is 1220. The van der Waals surface area contributed by atoms with Gasteiger partial charge in [-0.2, -0.15) is 0 Å². The van der Waals surface area contributed by atoms with Crippen molar-refractivity contribution in [1.29, 1.82) is 0 Å². The number of carbonyl (C=O) groups is 2. The van der Waals surface area contributed by atoms with E-state index in [1.807, 2.05) is 0 Å². The molecule has 2 amide bonds. The van der Waals surface area contributed by atoms with Crippen molar-refractivity contribution in [3.8, 4) is 16.9 Å². The minimum atomic E-state index is -2.62. The number of rotatable bonds is 5. The van der Waals surface area contributed by atoms with Gasteiger partial charge in [-0.3, -0.25) is 14.6 Å². The van der Waals surface area contributed by atoms with Crippen molar-refractivity contribution in [3.63, 3.8) is 0 Å². The SMILES string of the molecule is COc1cc(F)c2c(c1)N(CC(=O)Nc1ccc(C(F)F)cc1)C(=O)[C@H](C)c1ncccc1-2. The second-order valence-corrected chi connectivity index (χ2v) is 7.56. The number of hydrogen-bond acceptors (Lipinski definition) is 4. The summed E-state index contributed by atoms with van der Waals surface area (Å²) in [5, 5.41) is 2.59. The third kappa shape index (κ3) is 4.26. The molecule has 1 aliphatic rings. The number of fused-ring (bicyclic) bond motifs is 3. The lowest BCUT2D eigenvalue weighted by molar-refractivity contribution is -0.122. The highest BCUT2D eigenvalue weighted by Gasteiger charge is 2.35. The third-order valence-corrected chi connectivity index (χ3v) is 5.47. The molecule has 0 saturated carbocycles. The van der Waals surface area contributed by atoms with Gasteiger partial charge in [-0.25, -0.2) is 13.2 Å². The van der Waals surface area contributed by atoms with E-state index in [1.54, 1.807) is 19.1 Å². The van der Waals surface area contributed by atoms with Crippen molar-refractivity contribution in [3.05, 3.63) is 71.8 Å². The number of pyridine rings is 1. The maximum Gasteiger partial charge on any atom is 0.263 e. The lowest BCUT2D eigenvalue weighted by atomic mass is 9.97. The molecule has 6 nitrogen and oxygen atoms in total. The number of aromatic nitrogens is 1. The van der Waals surface area contributed by atoms with Crippen LogP contribution in [-0.4, -0.2) is 30.5 Å². The van der Waals surface area contributed by atoms with E-state index in [9.17, 15) is 18.4 Å². The zero-order chi connectivity index (χ0) is 23.7. The first-order valence-corrected chi connectivity index (χ1v) is 10.1. The Morgan fingerprint density at radius 2 is 1.94 bits per heavy atom. The molecule has 1 aromatic heterocycles. The molecular weight excluding hydrogens is 435 g/mol. The van der Waals surface area contributed by atoms with Crippen LogP contribution in [0.5, 0.6) is 5.75 Å². The van der Waals surface area contributed by atoms with Crippen LogP contribution >= 0.6 is 0 Å². The van der Waals surface area contributed by atoms with E-state index >= 15 is 4.39 Å². The molecule has 170 valence electrons. The van der Waals surface area contributed by atoms with Gasteiger partial charge in [0.2, 0.25) is 11.8 Å². The van der Waals surface area contributed by atoms with Gasteiger partial charge < -0.3 is 15.0 Å². The van der Waals surface area contributed by atoms with E-state index < -0.39 is 36.5 Å². The van der Waals surface area contributed by atoms with Crippen LogP contribution in [0.1, 0.15) is 30.5 Å². The molecular formula is C24H20F3N3O3. The van der Waals surface area contributed by atoms with Crippen molar-refractivity contribution in [2.75, 3.05) is 23.9 Å². The molecule has 1 N–H and O–H groups in total. The average molecular weight is 455 g/mol. The Kier molecular flexibility index (Phi) is 6.04. The third-order valence-electron chi connectivity index (χ3n) is 5.47. The topological polar surface area (TPSA) is 71.5 Å². The summed E-state index contributed by atoms with van der Waals surface area (Å²) in [6, 6.07) is 11.1. The number of alkyl halides is 2. The van der Waals surface area contributed by atoms with Crippen molar-refractivity contribution in [2.45, 2.75) is 19.3 Å². The lowest BCUT2D eigenvalue weighted by Crippen LogP contribution is -2.40. The van der Waals surface area contributed by atoms with Crippen LogP contribution in [0.25, 0.3) is 11.1 Å². The summed E-state index contributed by atoms with van der Waals surface area (Å²) >= 11 is 0. The fourth-order valence-electron chi connectivity index (χ4n) is 3.83. The highest BCUT2D eigenvalue weighted by atomic mass is 19.3. The standard InChI is InChI=1S/C24H20F3N3O3/c1-13-22-17(4-3-9-28-22)21-18(25)10-16(33-2)11-19(21)30(24(13)32)12-20(31)29-15-7-5-14(6-8-15)23(26)27/h3-11,13,23H,12H2,1-2H3,(H,29,31)/t13-/m1/s1. The predicted molar refractivity (Wildman–Crippen MR) is 117 cm³/mol. The molecule has 1 atom stereocenters. The minimum absolute atomic E-state index is 0.144. The molecule has 2 aromatic carbocycles. The van der Waals surface area contributed by atoms with E-state index in [1.165, 1.54) is 54.6 Å². The van der Waals surface area contributed by atoms with Crippen LogP contribution in [0, 0.1) is 5.82 Å². The van der Waals surface area contributed by atoms with Crippen molar-refractivity contribution >= 4 is 23.2 Å². The first kappa shape index (κ1) is 22.3. The number of amides is 2. The largest absolute Gasteiger partial charge is 0.497 e. The van der Waals surface area contributed by atoms with Gasteiger partial charge in [0.25, 0.3) is 6.43 Å². The van der Waals surface area contributed by atoms with Gasteiger partial charge in [0.1, 0.15) is 18.1 Å². The fourth-order valence-corrected chi connectivity index (χ4v) is 3.83. The number of methoxy groups -OCH3 is 1. The Balaban J connectivity index is 1.71. The monoisotopic (exact) mass is 455 g/mol. The summed E-state index contributed by atoms with van der Waals surface area (Å²) in [5.41, 5.74) is 1.30. The van der Waals surface area contributed by atoms with Crippen LogP contribution in [0.4, 0.5) is 24.5 Å². The van der Waals surface area contributed by atoms with Crippen molar-refractivity contribution in [1.82, 2.24) is 4.98 Å². The molecule has 0 spiro atoms. The Morgan fingerprint density at radius 3 is 2.61 bits per heavy atom. The smallest absolute Gasteiger partial charge is 0.263 e. The van der Waals surface area contributed by atoms with Crippen LogP contribution in [0.15, 0.2) is 54.7 Å². The number of benzene rings is 2. The molecule has 0 saturated heterocycles. The molecule has 0 radical (unpaired) electrons. The highest BCUT2D eigenvalue weighted by Crippen LogP contribution is 2.43. The molecule has 33 heavy (non-hydrogen) atoms. The minimum Gasteiger partial charge on any atom is -0.497 e. The molecule has 3 aromatic rings. The number of carbonyl (C=O) groups excluding carboxylic acids is 2. The van der Waals surface area contributed by atoms with Gasteiger partial charge in [-0.1, -0.05) is 18.2 Å². The van der Waals surface area contributed by atoms with E-state index in [2.05, 4.69) is 10.3 Å². The molecule has 0 bridgehead atoms. The van der Waals surface area contributed by atoms with Crippen LogP contribution in [0.3, 0.4) is 0 Å². The zero-order valence-corrected chi connectivity index (χ0v) is 17.8. The Morgan fingerprint density at radius 1 is 1.21 bits per heavy atom. The van der Waals surface area contributed by atoms with Crippen molar-refractivity contribution in [2.24, 2.45) is 0 Å². The first-order chi connectivity index (χ1) is 15.8.